The van der Waals surface area contributed by atoms with E-state index in [1.807, 2.05) is 49.4 Å². The summed E-state index contributed by atoms with van der Waals surface area (Å²) in [5, 5.41) is 3.49. The number of fused-ring (bicyclic) bond motifs is 1. The predicted octanol–water partition coefficient (Wildman–Crippen LogP) is 3.35. The third-order valence-corrected chi connectivity index (χ3v) is 3.73. The second kappa shape index (κ2) is 7.65. The number of aromatic nitrogens is 1. The van der Waals surface area contributed by atoms with Crippen LogP contribution in [0.2, 0.25) is 0 Å². The number of hydrogen-bond acceptors (Lipinski definition) is 5. The van der Waals surface area contributed by atoms with E-state index < -0.39 is 5.97 Å². The first-order chi connectivity index (χ1) is 12.6. The zero-order valence-corrected chi connectivity index (χ0v) is 14.5. The van der Waals surface area contributed by atoms with E-state index in [0.717, 1.165) is 5.56 Å². The minimum Gasteiger partial charge on any atom is -0.483 e. The molecule has 1 aromatic heterocycles. The Morgan fingerprint density at radius 1 is 1.08 bits per heavy atom. The van der Waals surface area contributed by atoms with Crippen LogP contribution < -0.4 is 10.1 Å². The highest BCUT2D eigenvalue weighted by Crippen LogP contribution is 2.25. The number of pyridine rings is 1. The Morgan fingerprint density at radius 3 is 2.65 bits per heavy atom. The average Bonchev–Trinajstić information content (AvgIpc) is 2.65. The number of aryl methyl sites for hydroxylation is 1. The number of benzene rings is 2. The van der Waals surface area contributed by atoms with Crippen LogP contribution in [0, 0.1) is 6.92 Å². The highest BCUT2D eigenvalue weighted by molar-refractivity contribution is 5.95. The smallest absolute Gasteiger partial charge is 0.356 e. The normalized spacial score (nSPS) is 10.4. The number of amides is 1. The molecule has 0 fully saturated rings. The van der Waals surface area contributed by atoms with Crippen LogP contribution >= 0.6 is 0 Å². The van der Waals surface area contributed by atoms with Gasteiger partial charge >= 0.3 is 5.97 Å². The second-order valence-electron chi connectivity index (χ2n) is 5.72. The molecular formula is C20H18N2O4. The summed E-state index contributed by atoms with van der Waals surface area (Å²) in [5.41, 5.74) is 2.46. The Balaban J connectivity index is 1.79. The standard InChI is InChI=1S/C20H18N2O4/c1-13-6-5-7-14(10-13)21-19(23)12-26-18-11-17(20(24)25-2)22-16-9-4-3-8-15(16)18/h3-11H,12H2,1-2H3,(H,21,23). The molecule has 6 heteroatoms. The van der Waals surface area contributed by atoms with E-state index in [1.165, 1.54) is 13.2 Å². The van der Waals surface area contributed by atoms with Crippen LogP contribution in [0.15, 0.2) is 54.6 Å². The number of carbonyl (C=O) groups excluding carboxylic acids is 2. The Bertz CT molecular complexity index is 969. The van der Waals surface area contributed by atoms with E-state index in [1.54, 1.807) is 6.07 Å². The molecule has 0 aliphatic carbocycles. The summed E-state index contributed by atoms with van der Waals surface area (Å²) in [5.74, 6) is -0.462. The molecule has 26 heavy (non-hydrogen) atoms. The fourth-order valence-electron chi connectivity index (χ4n) is 2.54. The van der Waals surface area contributed by atoms with Crippen LogP contribution in [-0.4, -0.2) is 30.6 Å². The van der Waals surface area contributed by atoms with Gasteiger partial charge in [-0.25, -0.2) is 9.78 Å². The molecule has 1 N–H and O–H groups in total. The van der Waals surface area contributed by atoms with Crippen molar-refractivity contribution in [3.8, 4) is 5.75 Å². The maximum atomic E-state index is 12.2. The minimum atomic E-state index is -0.565. The summed E-state index contributed by atoms with van der Waals surface area (Å²) >= 11 is 0. The summed E-state index contributed by atoms with van der Waals surface area (Å²) in [6.45, 7) is 1.76. The van der Waals surface area contributed by atoms with Crippen LogP contribution in [-0.2, 0) is 9.53 Å². The number of hydrogen-bond donors (Lipinski definition) is 1. The summed E-state index contributed by atoms with van der Waals surface area (Å²) in [7, 11) is 1.29. The number of nitrogens with one attached hydrogen (secondary N) is 1. The molecule has 6 nitrogen and oxygen atoms in total. The van der Waals surface area contributed by atoms with Gasteiger partial charge in [-0.05, 0) is 36.8 Å². The third kappa shape index (κ3) is 3.97. The molecule has 0 radical (unpaired) electrons. The number of carbonyl (C=O) groups is 2. The van der Waals surface area contributed by atoms with Gasteiger partial charge in [0, 0.05) is 17.1 Å². The minimum absolute atomic E-state index is 0.125. The molecule has 0 saturated heterocycles. The van der Waals surface area contributed by atoms with E-state index in [9.17, 15) is 9.59 Å². The largest absolute Gasteiger partial charge is 0.483 e. The van der Waals surface area contributed by atoms with Crippen LogP contribution in [0.5, 0.6) is 5.75 Å². The number of nitrogens with zero attached hydrogens (tertiary/aromatic N) is 1. The van der Waals surface area contributed by atoms with Gasteiger partial charge in [-0.2, -0.15) is 0 Å². The monoisotopic (exact) mass is 350 g/mol. The van der Waals surface area contributed by atoms with Crippen molar-refractivity contribution in [1.29, 1.82) is 0 Å². The van der Waals surface area contributed by atoms with Crippen molar-refractivity contribution < 1.29 is 19.1 Å². The molecule has 0 saturated carbocycles. The van der Waals surface area contributed by atoms with Gasteiger partial charge in [0.05, 0.1) is 12.6 Å². The molecule has 0 aliphatic heterocycles. The number of esters is 1. The zero-order chi connectivity index (χ0) is 18.5. The molecule has 0 spiro atoms. The molecule has 3 rings (SSSR count). The summed E-state index contributed by atoms with van der Waals surface area (Å²) in [4.78, 5) is 28.2. The Hall–Kier alpha value is -3.41. The topological polar surface area (TPSA) is 77.5 Å². The molecule has 3 aromatic rings. The van der Waals surface area contributed by atoms with E-state index in [-0.39, 0.29) is 18.2 Å². The van der Waals surface area contributed by atoms with Gasteiger partial charge < -0.3 is 14.8 Å². The quantitative estimate of drug-likeness (QED) is 0.714. The van der Waals surface area contributed by atoms with E-state index in [4.69, 9.17) is 9.47 Å². The predicted molar refractivity (Wildman–Crippen MR) is 98.4 cm³/mol. The number of ether oxygens (including phenoxy) is 2. The van der Waals surface area contributed by atoms with Gasteiger partial charge in [0.2, 0.25) is 0 Å². The lowest BCUT2D eigenvalue weighted by atomic mass is 10.2. The molecule has 0 unspecified atom stereocenters. The Kier molecular flexibility index (Phi) is 5.12. The van der Waals surface area contributed by atoms with Crippen molar-refractivity contribution in [2.45, 2.75) is 6.92 Å². The van der Waals surface area contributed by atoms with E-state index >= 15 is 0 Å². The molecule has 2 aromatic carbocycles. The summed E-state index contributed by atoms with van der Waals surface area (Å²) < 4.78 is 10.4. The van der Waals surface area contributed by atoms with Gasteiger partial charge in [0.15, 0.2) is 12.3 Å². The zero-order valence-electron chi connectivity index (χ0n) is 14.5. The van der Waals surface area contributed by atoms with Crippen LogP contribution in [0.25, 0.3) is 10.9 Å². The van der Waals surface area contributed by atoms with Crippen molar-refractivity contribution in [3.05, 3.63) is 65.9 Å². The van der Waals surface area contributed by atoms with Crippen molar-refractivity contribution in [2.24, 2.45) is 0 Å². The third-order valence-electron chi connectivity index (χ3n) is 3.73. The van der Waals surface area contributed by atoms with Crippen LogP contribution in [0.4, 0.5) is 5.69 Å². The fourth-order valence-corrected chi connectivity index (χ4v) is 2.54. The van der Waals surface area contributed by atoms with Gasteiger partial charge in [0.1, 0.15) is 5.75 Å². The molecule has 0 atom stereocenters. The first kappa shape index (κ1) is 17.4. The highest BCUT2D eigenvalue weighted by Gasteiger charge is 2.14. The maximum absolute atomic E-state index is 12.2. The van der Waals surface area contributed by atoms with Crippen molar-refractivity contribution in [1.82, 2.24) is 4.98 Å². The summed E-state index contributed by atoms with van der Waals surface area (Å²) in [6.07, 6.45) is 0. The number of methoxy groups -OCH3 is 1. The molecule has 1 heterocycles. The first-order valence-corrected chi connectivity index (χ1v) is 8.04. The van der Waals surface area contributed by atoms with Crippen molar-refractivity contribution >= 4 is 28.5 Å². The number of rotatable bonds is 5. The maximum Gasteiger partial charge on any atom is 0.356 e. The molecule has 0 bridgehead atoms. The lowest BCUT2D eigenvalue weighted by molar-refractivity contribution is -0.118. The van der Waals surface area contributed by atoms with Gasteiger partial charge in [-0.3, -0.25) is 4.79 Å². The SMILES string of the molecule is COC(=O)c1cc(OCC(=O)Nc2cccc(C)c2)c2ccccc2n1. The van der Waals surface area contributed by atoms with E-state index in [0.29, 0.717) is 22.3 Å². The lowest BCUT2D eigenvalue weighted by Gasteiger charge is -2.11. The van der Waals surface area contributed by atoms with Crippen molar-refractivity contribution in [3.63, 3.8) is 0 Å². The Labute approximate surface area is 150 Å². The second-order valence-corrected chi connectivity index (χ2v) is 5.72. The van der Waals surface area contributed by atoms with E-state index in [2.05, 4.69) is 10.3 Å². The van der Waals surface area contributed by atoms with Crippen LogP contribution in [0.3, 0.4) is 0 Å². The molecule has 132 valence electrons. The number of para-hydroxylation sites is 1. The van der Waals surface area contributed by atoms with Gasteiger partial charge in [-0.1, -0.05) is 24.3 Å². The van der Waals surface area contributed by atoms with Crippen LogP contribution in [0.1, 0.15) is 16.1 Å². The Morgan fingerprint density at radius 2 is 1.88 bits per heavy atom. The summed E-state index contributed by atoms with van der Waals surface area (Å²) in [6, 6.07) is 16.2. The van der Waals surface area contributed by atoms with Crippen molar-refractivity contribution in [2.75, 3.05) is 19.0 Å². The van der Waals surface area contributed by atoms with Gasteiger partial charge in [0.25, 0.3) is 5.91 Å². The highest BCUT2D eigenvalue weighted by atomic mass is 16.5. The lowest BCUT2D eigenvalue weighted by Crippen LogP contribution is -2.20. The average molecular weight is 350 g/mol. The van der Waals surface area contributed by atoms with Gasteiger partial charge in [-0.15, -0.1) is 0 Å². The fraction of sp³-hybridized carbons (Fsp3) is 0.150. The first-order valence-electron chi connectivity index (χ1n) is 8.04. The number of anilines is 1. The molecule has 1 amide bonds. The molecular weight excluding hydrogens is 332 g/mol. The molecule has 0 aliphatic rings.